The average molecular weight is 383 g/mol. The molecule has 1 unspecified atom stereocenters. The van der Waals surface area contributed by atoms with Gasteiger partial charge in [-0.1, -0.05) is 109 Å². The van der Waals surface area contributed by atoms with E-state index in [4.69, 9.17) is 10.2 Å². The SMILES string of the molecule is CCCCCCCCCCCCCCCCCC=CC(CC(=O)O)C(=O)O. The molecular weight excluding hydrogens is 340 g/mol. The molecule has 0 amide bonds. The number of unbranched alkanes of at least 4 members (excludes halogenated alkanes) is 15. The van der Waals surface area contributed by atoms with E-state index in [1.165, 1.54) is 96.0 Å². The van der Waals surface area contributed by atoms with Gasteiger partial charge in [-0.05, 0) is 12.8 Å². The predicted octanol–water partition coefficient (Wildman–Crippen LogP) is 6.98. The number of carbonyl (C=O) groups is 2. The fraction of sp³-hybridized carbons (Fsp3) is 0.826. The van der Waals surface area contributed by atoms with Gasteiger partial charge < -0.3 is 10.2 Å². The topological polar surface area (TPSA) is 74.6 Å². The van der Waals surface area contributed by atoms with Crippen molar-refractivity contribution in [1.82, 2.24) is 0 Å². The third-order valence-electron chi connectivity index (χ3n) is 5.05. The van der Waals surface area contributed by atoms with Crippen LogP contribution >= 0.6 is 0 Å². The van der Waals surface area contributed by atoms with Gasteiger partial charge in [0, 0.05) is 0 Å². The minimum Gasteiger partial charge on any atom is -0.481 e. The maximum Gasteiger partial charge on any atom is 0.310 e. The predicted molar refractivity (Wildman–Crippen MR) is 112 cm³/mol. The highest BCUT2D eigenvalue weighted by Gasteiger charge is 2.17. The highest BCUT2D eigenvalue weighted by atomic mass is 16.4. The van der Waals surface area contributed by atoms with Gasteiger partial charge in [-0.3, -0.25) is 9.59 Å². The maximum absolute atomic E-state index is 10.9. The molecule has 27 heavy (non-hydrogen) atoms. The molecule has 0 saturated heterocycles. The summed E-state index contributed by atoms with van der Waals surface area (Å²) in [5.41, 5.74) is 0. The van der Waals surface area contributed by atoms with Gasteiger partial charge in [0.2, 0.25) is 0 Å². The molecule has 4 heteroatoms. The van der Waals surface area contributed by atoms with Gasteiger partial charge in [-0.15, -0.1) is 0 Å². The highest BCUT2D eigenvalue weighted by Crippen LogP contribution is 2.14. The minimum atomic E-state index is -1.07. The van der Waals surface area contributed by atoms with E-state index < -0.39 is 17.9 Å². The van der Waals surface area contributed by atoms with Crippen molar-refractivity contribution in [3.63, 3.8) is 0 Å². The zero-order chi connectivity index (χ0) is 20.2. The lowest BCUT2D eigenvalue weighted by Gasteiger charge is -2.04. The first-order valence-electron chi connectivity index (χ1n) is 11.2. The van der Waals surface area contributed by atoms with Crippen molar-refractivity contribution in [1.29, 1.82) is 0 Å². The van der Waals surface area contributed by atoms with Gasteiger partial charge in [0.1, 0.15) is 0 Å². The molecule has 0 rings (SSSR count). The lowest BCUT2D eigenvalue weighted by atomic mass is 10.0. The Hall–Kier alpha value is -1.32. The molecule has 0 aliphatic rings. The monoisotopic (exact) mass is 382 g/mol. The average Bonchev–Trinajstić information content (AvgIpc) is 2.62. The van der Waals surface area contributed by atoms with E-state index in [0.29, 0.717) is 0 Å². The summed E-state index contributed by atoms with van der Waals surface area (Å²) in [6, 6.07) is 0. The Balaban J connectivity index is 3.34. The van der Waals surface area contributed by atoms with E-state index in [-0.39, 0.29) is 6.42 Å². The number of aliphatic carboxylic acids is 2. The molecule has 1 atom stereocenters. The van der Waals surface area contributed by atoms with Crippen LogP contribution in [0.5, 0.6) is 0 Å². The van der Waals surface area contributed by atoms with Gasteiger partial charge >= 0.3 is 11.9 Å². The van der Waals surface area contributed by atoms with E-state index in [2.05, 4.69) is 6.92 Å². The van der Waals surface area contributed by atoms with Gasteiger partial charge in [0.15, 0.2) is 0 Å². The number of carboxylic acids is 2. The zero-order valence-electron chi connectivity index (χ0n) is 17.5. The van der Waals surface area contributed by atoms with Crippen molar-refractivity contribution in [2.24, 2.45) is 5.92 Å². The number of hydrogen-bond acceptors (Lipinski definition) is 2. The smallest absolute Gasteiger partial charge is 0.310 e. The summed E-state index contributed by atoms with van der Waals surface area (Å²) in [6.45, 7) is 2.26. The second-order valence-electron chi connectivity index (χ2n) is 7.71. The Kier molecular flexibility index (Phi) is 18.5. The Morgan fingerprint density at radius 2 is 1.11 bits per heavy atom. The number of hydrogen-bond donors (Lipinski definition) is 2. The summed E-state index contributed by atoms with van der Waals surface area (Å²) in [5, 5.41) is 17.6. The van der Waals surface area contributed by atoms with Crippen molar-refractivity contribution in [3.05, 3.63) is 12.2 Å². The largest absolute Gasteiger partial charge is 0.481 e. The van der Waals surface area contributed by atoms with E-state index in [9.17, 15) is 9.59 Å². The molecule has 0 radical (unpaired) electrons. The molecular formula is C23H42O4. The van der Waals surface area contributed by atoms with Crippen molar-refractivity contribution >= 4 is 11.9 Å². The molecule has 0 saturated carbocycles. The van der Waals surface area contributed by atoms with E-state index in [1.54, 1.807) is 0 Å². The number of carboxylic acid groups (broad SMARTS) is 2. The zero-order valence-corrected chi connectivity index (χ0v) is 17.5. The van der Waals surface area contributed by atoms with Crippen LogP contribution < -0.4 is 0 Å². The van der Waals surface area contributed by atoms with Gasteiger partial charge in [0.25, 0.3) is 0 Å². The van der Waals surface area contributed by atoms with E-state index >= 15 is 0 Å². The molecule has 0 fully saturated rings. The summed E-state index contributed by atoms with van der Waals surface area (Å²) < 4.78 is 0. The normalized spacial score (nSPS) is 12.5. The molecule has 2 N–H and O–H groups in total. The Morgan fingerprint density at radius 3 is 1.48 bits per heavy atom. The molecule has 4 nitrogen and oxygen atoms in total. The summed E-state index contributed by atoms with van der Waals surface area (Å²) in [7, 11) is 0. The van der Waals surface area contributed by atoms with Gasteiger partial charge in [-0.2, -0.15) is 0 Å². The van der Waals surface area contributed by atoms with Crippen molar-refractivity contribution in [3.8, 4) is 0 Å². The molecule has 0 heterocycles. The van der Waals surface area contributed by atoms with Crippen molar-refractivity contribution in [2.45, 2.75) is 116 Å². The number of allylic oxidation sites excluding steroid dienone is 1. The second kappa shape index (κ2) is 19.4. The molecule has 0 aliphatic carbocycles. The molecule has 0 aromatic heterocycles. The first-order chi connectivity index (χ1) is 13.1. The lowest BCUT2D eigenvalue weighted by molar-refractivity contribution is -0.146. The van der Waals surface area contributed by atoms with Crippen molar-refractivity contribution in [2.75, 3.05) is 0 Å². The second-order valence-corrected chi connectivity index (χ2v) is 7.71. The Morgan fingerprint density at radius 1 is 0.704 bits per heavy atom. The Bertz CT molecular complexity index is 390. The maximum atomic E-state index is 10.9. The third-order valence-corrected chi connectivity index (χ3v) is 5.05. The fourth-order valence-corrected chi connectivity index (χ4v) is 3.32. The van der Waals surface area contributed by atoms with Gasteiger partial charge in [0.05, 0.1) is 12.3 Å². The third kappa shape index (κ3) is 19.3. The fourth-order valence-electron chi connectivity index (χ4n) is 3.32. The van der Waals surface area contributed by atoms with Crippen LogP contribution in [0, 0.1) is 5.92 Å². The van der Waals surface area contributed by atoms with E-state index in [0.717, 1.165) is 12.8 Å². The first-order valence-corrected chi connectivity index (χ1v) is 11.2. The minimum absolute atomic E-state index is 0.343. The summed E-state index contributed by atoms with van der Waals surface area (Å²) in [6.07, 6.45) is 23.8. The molecule has 0 aromatic carbocycles. The molecule has 158 valence electrons. The summed E-state index contributed by atoms with van der Waals surface area (Å²) >= 11 is 0. The van der Waals surface area contributed by atoms with Crippen LogP contribution in [0.25, 0.3) is 0 Å². The van der Waals surface area contributed by atoms with E-state index in [1.807, 2.05) is 6.08 Å². The number of rotatable bonds is 20. The first kappa shape index (κ1) is 25.7. The van der Waals surface area contributed by atoms with Crippen LogP contribution in [-0.4, -0.2) is 22.2 Å². The molecule has 0 spiro atoms. The summed E-state index contributed by atoms with van der Waals surface area (Å²) in [5.74, 6) is -3.04. The summed E-state index contributed by atoms with van der Waals surface area (Å²) in [4.78, 5) is 21.5. The van der Waals surface area contributed by atoms with Crippen LogP contribution in [0.2, 0.25) is 0 Å². The lowest BCUT2D eigenvalue weighted by Crippen LogP contribution is -2.15. The standard InChI is InChI=1S/C23H42O4/c1-2-3-4-5-6-7-8-9-10-11-12-13-14-15-16-17-18-19-21(23(26)27)20-22(24)25/h18-19,21H,2-17,20H2,1H3,(H,24,25)(H,26,27). The molecule has 0 aromatic rings. The Labute approximate surface area is 166 Å². The van der Waals surface area contributed by atoms with Crippen LogP contribution in [0.15, 0.2) is 12.2 Å². The highest BCUT2D eigenvalue weighted by molar-refractivity contribution is 5.79. The van der Waals surface area contributed by atoms with Gasteiger partial charge in [-0.25, -0.2) is 0 Å². The van der Waals surface area contributed by atoms with Crippen LogP contribution in [0.1, 0.15) is 116 Å². The quantitative estimate of drug-likeness (QED) is 0.176. The van der Waals surface area contributed by atoms with Crippen LogP contribution in [0.3, 0.4) is 0 Å². The molecule has 0 aliphatic heterocycles. The molecule has 0 bridgehead atoms. The van der Waals surface area contributed by atoms with Crippen molar-refractivity contribution < 1.29 is 19.8 Å². The van der Waals surface area contributed by atoms with Crippen LogP contribution in [-0.2, 0) is 9.59 Å². The van der Waals surface area contributed by atoms with Crippen LogP contribution in [0.4, 0.5) is 0 Å².